The summed E-state index contributed by atoms with van der Waals surface area (Å²) in [5.41, 5.74) is 1.39. The van der Waals surface area contributed by atoms with Crippen LogP contribution in [0.25, 0.3) is 11.0 Å². The van der Waals surface area contributed by atoms with Gasteiger partial charge in [-0.2, -0.15) is 0 Å². The fraction of sp³-hybridized carbons (Fsp3) is 0.318. The molecule has 3 heterocycles. The standard InChI is InChI=1S/C22H21N5O5/c28-20(23-16-8-2-4-10-18(16)27(30)31)12-19-21(29)25(13-14-6-5-11-32-14)22-24-15-7-1-3-9-17(15)26(19)22/h1-4,7-10,14,19H,5-6,11-13H2,(H,23,28). The normalized spacial score (nSPS) is 20.0. The first-order valence-corrected chi connectivity index (χ1v) is 10.5. The molecular formula is C22H21N5O5. The minimum atomic E-state index is -0.790. The van der Waals surface area contributed by atoms with Crippen molar-refractivity contribution in [1.29, 1.82) is 0 Å². The zero-order chi connectivity index (χ0) is 22.2. The molecule has 2 unspecified atom stereocenters. The Morgan fingerprint density at radius 2 is 2.00 bits per heavy atom. The number of aromatic nitrogens is 2. The third-order valence-electron chi connectivity index (χ3n) is 5.85. The number of benzene rings is 2. The van der Waals surface area contributed by atoms with Gasteiger partial charge in [-0.15, -0.1) is 0 Å². The second kappa shape index (κ2) is 8.04. The van der Waals surface area contributed by atoms with Gasteiger partial charge in [0.05, 0.1) is 35.0 Å². The topological polar surface area (TPSA) is 120 Å². The Hall–Kier alpha value is -3.79. The first-order valence-electron chi connectivity index (χ1n) is 10.5. The number of amides is 2. The Bertz CT molecular complexity index is 1220. The molecule has 2 atom stereocenters. The number of rotatable bonds is 6. The Kier molecular flexibility index (Phi) is 5.06. The minimum absolute atomic E-state index is 0.0632. The van der Waals surface area contributed by atoms with Crippen LogP contribution < -0.4 is 10.2 Å². The Morgan fingerprint density at radius 3 is 2.78 bits per heavy atom. The van der Waals surface area contributed by atoms with Gasteiger partial charge in [-0.3, -0.25) is 29.2 Å². The van der Waals surface area contributed by atoms with Crippen LogP contribution in [0.5, 0.6) is 0 Å². The predicted octanol–water partition coefficient (Wildman–Crippen LogP) is 3.04. The molecule has 5 rings (SSSR count). The maximum absolute atomic E-state index is 13.3. The lowest BCUT2D eigenvalue weighted by Crippen LogP contribution is -2.37. The predicted molar refractivity (Wildman–Crippen MR) is 116 cm³/mol. The van der Waals surface area contributed by atoms with Crippen molar-refractivity contribution in [3.63, 3.8) is 0 Å². The van der Waals surface area contributed by atoms with Crippen molar-refractivity contribution in [2.24, 2.45) is 0 Å². The molecule has 1 fully saturated rings. The third kappa shape index (κ3) is 3.48. The second-order valence-corrected chi connectivity index (χ2v) is 7.90. The summed E-state index contributed by atoms with van der Waals surface area (Å²) in [7, 11) is 0. The van der Waals surface area contributed by atoms with E-state index in [1.165, 1.54) is 18.2 Å². The molecule has 1 N–H and O–H groups in total. The maximum Gasteiger partial charge on any atom is 0.292 e. The summed E-state index contributed by atoms with van der Waals surface area (Å²) < 4.78 is 7.49. The quantitative estimate of drug-likeness (QED) is 0.469. The van der Waals surface area contributed by atoms with Gasteiger partial charge in [-0.1, -0.05) is 24.3 Å². The highest BCUT2D eigenvalue weighted by molar-refractivity contribution is 6.05. The Labute approximate surface area is 182 Å². The summed E-state index contributed by atoms with van der Waals surface area (Å²) in [5, 5.41) is 13.8. The van der Waals surface area contributed by atoms with Gasteiger partial charge < -0.3 is 10.1 Å². The summed E-state index contributed by atoms with van der Waals surface area (Å²) in [6, 6.07) is 12.6. The second-order valence-electron chi connectivity index (χ2n) is 7.90. The van der Waals surface area contributed by atoms with Crippen LogP contribution in [-0.4, -0.2) is 45.5 Å². The zero-order valence-electron chi connectivity index (χ0n) is 17.1. The number of nitrogens with zero attached hydrogens (tertiary/aromatic N) is 4. The molecule has 10 nitrogen and oxygen atoms in total. The SMILES string of the molecule is O=C(CC1C(=O)N(CC2CCCO2)c2nc3ccccc3n21)Nc1ccccc1[N+](=O)[O-]. The number of nitrogens with one attached hydrogen (secondary N) is 1. The molecule has 0 spiro atoms. The van der Waals surface area contributed by atoms with Crippen molar-refractivity contribution in [2.45, 2.75) is 31.4 Å². The lowest BCUT2D eigenvalue weighted by molar-refractivity contribution is -0.383. The van der Waals surface area contributed by atoms with Gasteiger partial charge in [0.15, 0.2) is 0 Å². The molecule has 2 aliphatic heterocycles. The number of nitro benzene ring substituents is 1. The monoisotopic (exact) mass is 435 g/mol. The van der Waals surface area contributed by atoms with Crippen LogP contribution in [0.15, 0.2) is 48.5 Å². The van der Waals surface area contributed by atoms with Crippen LogP contribution in [0.1, 0.15) is 25.3 Å². The van der Waals surface area contributed by atoms with Crippen LogP contribution >= 0.6 is 0 Å². The third-order valence-corrected chi connectivity index (χ3v) is 5.85. The zero-order valence-corrected chi connectivity index (χ0v) is 17.1. The number of anilines is 2. The fourth-order valence-electron chi connectivity index (χ4n) is 4.38. The summed E-state index contributed by atoms with van der Waals surface area (Å²) in [4.78, 5) is 43.1. The Balaban J connectivity index is 1.44. The number of carbonyl (C=O) groups excluding carboxylic acids is 2. The van der Waals surface area contributed by atoms with Gasteiger partial charge in [0.2, 0.25) is 11.9 Å². The Morgan fingerprint density at radius 1 is 1.22 bits per heavy atom. The number of imidazole rings is 1. The number of hydrogen-bond acceptors (Lipinski definition) is 6. The average molecular weight is 435 g/mol. The average Bonchev–Trinajstić information content (AvgIpc) is 3.48. The lowest BCUT2D eigenvalue weighted by Gasteiger charge is -2.19. The van der Waals surface area contributed by atoms with E-state index in [4.69, 9.17) is 4.74 Å². The number of para-hydroxylation sites is 4. The lowest BCUT2D eigenvalue weighted by atomic mass is 10.1. The maximum atomic E-state index is 13.3. The van der Waals surface area contributed by atoms with Crippen LogP contribution in [0, 0.1) is 10.1 Å². The van der Waals surface area contributed by atoms with E-state index in [0.717, 1.165) is 23.9 Å². The largest absolute Gasteiger partial charge is 0.376 e. The van der Waals surface area contributed by atoms with E-state index in [0.29, 0.717) is 19.1 Å². The van der Waals surface area contributed by atoms with E-state index in [9.17, 15) is 19.7 Å². The molecule has 0 bridgehead atoms. The summed E-state index contributed by atoms with van der Waals surface area (Å²) in [6.45, 7) is 1.05. The summed E-state index contributed by atoms with van der Waals surface area (Å²) >= 11 is 0. The van der Waals surface area contributed by atoms with Gasteiger partial charge >= 0.3 is 0 Å². The van der Waals surface area contributed by atoms with Gasteiger partial charge in [-0.25, -0.2) is 4.98 Å². The van der Waals surface area contributed by atoms with Crippen molar-refractivity contribution in [3.05, 3.63) is 58.6 Å². The van der Waals surface area contributed by atoms with Crippen molar-refractivity contribution in [1.82, 2.24) is 9.55 Å². The van der Waals surface area contributed by atoms with Gasteiger partial charge in [0, 0.05) is 12.7 Å². The highest BCUT2D eigenvalue weighted by Gasteiger charge is 2.42. The van der Waals surface area contributed by atoms with Gasteiger partial charge in [-0.05, 0) is 31.0 Å². The molecule has 32 heavy (non-hydrogen) atoms. The van der Waals surface area contributed by atoms with E-state index >= 15 is 0 Å². The fourth-order valence-corrected chi connectivity index (χ4v) is 4.38. The van der Waals surface area contributed by atoms with Gasteiger partial charge in [0.1, 0.15) is 11.7 Å². The first-order chi connectivity index (χ1) is 15.5. The molecule has 3 aromatic rings. The molecule has 1 aromatic heterocycles. The van der Waals surface area contributed by atoms with Crippen molar-refractivity contribution in [3.8, 4) is 0 Å². The number of ether oxygens (including phenoxy) is 1. The molecule has 2 aromatic carbocycles. The minimum Gasteiger partial charge on any atom is -0.376 e. The number of fused-ring (bicyclic) bond motifs is 3. The van der Waals surface area contributed by atoms with E-state index in [2.05, 4.69) is 10.3 Å². The van der Waals surface area contributed by atoms with Crippen molar-refractivity contribution >= 4 is 40.2 Å². The van der Waals surface area contributed by atoms with Crippen molar-refractivity contribution in [2.75, 3.05) is 23.4 Å². The highest BCUT2D eigenvalue weighted by Crippen LogP contribution is 2.37. The first kappa shape index (κ1) is 20.1. The molecule has 1 saturated heterocycles. The van der Waals surface area contributed by atoms with E-state index in [1.54, 1.807) is 15.5 Å². The molecule has 2 amide bonds. The molecule has 164 valence electrons. The van der Waals surface area contributed by atoms with E-state index < -0.39 is 16.9 Å². The summed E-state index contributed by atoms with van der Waals surface area (Å²) in [5.74, 6) is -0.220. The molecule has 0 radical (unpaired) electrons. The van der Waals surface area contributed by atoms with Crippen LogP contribution in [-0.2, 0) is 14.3 Å². The van der Waals surface area contributed by atoms with Crippen molar-refractivity contribution < 1.29 is 19.2 Å². The van der Waals surface area contributed by atoms with Crippen LogP contribution in [0.3, 0.4) is 0 Å². The molecule has 10 heteroatoms. The molecule has 0 aliphatic carbocycles. The molecule has 0 saturated carbocycles. The number of hydrogen-bond donors (Lipinski definition) is 1. The summed E-state index contributed by atoms with van der Waals surface area (Å²) in [6.07, 6.45) is 1.59. The van der Waals surface area contributed by atoms with E-state index in [1.807, 2.05) is 24.3 Å². The van der Waals surface area contributed by atoms with Crippen LogP contribution in [0.2, 0.25) is 0 Å². The van der Waals surface area contributed by atoms with Crippen LogP contribution in [0.4, 0.5) is 17.3 Å². The van der Waals surface area contributed by atoms with E-state index in [-0.39, 0.29) is 29.8 Å². The highest BCUT2D eigenvalue weighted by atomic mass is 16.6. The smallest absolute Gasteiger partial charge is 0.292 e. The molecular weight excluding hydrogens is 414 g/mol. The van der Waals surface area contributed by atoms with Gasteiger partial charge in [0.25, 0.3) is 11.6 Å². The molecule has 2 aliphatic rings. The number of nitro groups is 1. The number of carbonyl (C=O) groups is 2.